The maximum Gasteiger partial charge on any atom is 0.133 e. The summed E-state index contributed by atoms with van der Waals surface area (Å²) in [6, 6.07) is 9.65. The van der Waals surface area contributed by atoms with Gasteiger partial charge in [-0.25, -0.2) is 8.78 Å². The van der Waals surface area contributed by atoms with Crippen molar-refractivity contribution in [2.75, 3.05) is 0 Å². The molecule has 0 fully saturated rings. The summed E-state index contributed by atoms with van der Waals surface area (Å²) < 4.78 is 25.6. The van der Waals surface area contributed by atoms with Crippen molar-refractivity contribution in [1.82, 2.24) is 0 Å². The molecule has 0 unspecified atom stereocenters. The molecular formula is C10H5F2. The third-order valence-corrected chi connectivity index (χ3v) is 1.71. The molecule has 0 N–H and O–H groups in total. The van der Waals surface area contributed by atoms with E-state index in [4.69, 9.17) is 0 Å². The normalized spacial score (nSPS) is 10.5. The minimum atomic E-state index is -0.556. The van der Waals surface area contributed by atoms with E-state index in [1.807, 2.05) is 0 Å². The quantitative estimate of drug-likeness (QED) is 0.560. The van der Waals surface area contributed by atoms with Gasteiger partial charge < -0.3 is 0 Å². The minimum Gasteiger partial charge on any atom is -0.207 e. The van der Waals surface area contributed by atoms with E-state index in [1.54, 1.807) is 18.2 Å². The van der Waals surface area contributed by atoms with Crippen LogP contribution in [0.25, 0.3) is 10.8 Å². The summed E-state index contributed by atoms with van der Waals surface area (Å²) in [5.41, 5.74) is 0. The molecule has 0 atom stereocenters. The molecular weight excluding hydrogens is 158 g/mol. The molecule has 2 aromatic rings. The Morgan fingerprint density at radius 2 is 2.00 bits per heavy atom. The van der Waals surface area contributed by atoms with E-state index in [0.717, 1.165) is 6.07 Å². The van der Waals surface area contributed by atoms with Gasteiger partial charge in [0.2, 0.25) is 0 Å². The van der Waals surface area contributed by atoms with E-state index in [1.165, 1.54) is 6.07 Å². The summed E-state index contributed by atoms with van der Waals surface area (Å²) in [6.45, 7) is 0. The van der Waals surface area contributed by atoms with Gasteiger partial charge in [-0.15, -0.1) is 0 Å². The third kappa shape index (κ3) is 1.05. The van der Waals surface area contributed by atoms with Crippen molar-refractivity contribution in [2.45, 2.75) is 0 Å². The van der Waals surface area contributed by atoms with Gasteiger partial charge in [0.1, 0.15) is 11.6 Å². The fourth-order valence-electron chi connectivity index (χ4n) is 1.17. The van der Waals surface area contributed by atoms with Gasteiger partial charge in [0.05, 0.1) is 0 Å². The van der Waals surface area contributed by atoms with E-state index in [0.29, 0.717) is 10.8 Å². The van der Waals surface area contributed by atoms with Crippen LogP contribution in [0.3, 0.4) is 0 Å². The Hall–Kier alpha value is -1.44. The highest BCUT2D eigenvalue weighted by Gasteiger charge is 2.01. The van der Waals surface area contributed by atoms with Gasteiger partial charge in [0.15, 0.2) is 0 Å². The lowest BCUT2D eigenvalue weighted by molar-refractivity contribution is 0.592. The number of halogens is 2. The van der Waals surface area contributed by atoms with E-state index in [2.05, 4.69) is 6.07 Å². The van der Waals surface area contributed by atoms with Gasteiger partial charge in [-0.3, -0.25) is 0 Å². The Morgan fingerprint density at radius 1 is 1.17 bits per heavy atom. The Bertz CT molecular complexity index is 421. The summed E-state index contributed by atoms with van der Waals surface area (Å²) in [5.74, 6) is -1.08. The first-order valence-electron chi connectivity index (χ1n) is 3.52. The highest BCUT2D eigenvalue weighted by Crippen LogP contribution is 2.18. The summed E-state index contributed by atoms with van der Waals surface area (Å²) in [7, 11) is 0. The second-order valence-electron chi connectivity index (χ2n) is 2.53. The van der Waals surface area contributed by atoms with Gasteiger partial charge in [-0.05, 0) is 23.6 Å². The maximum absolute atomic E-state index is 13.0. The van der Waals surface area contributed by atoms with Crippen LogP contribution in [0.5, 0.6) is 0 Å². The number of benzene rings is 2. The smallest absolute Gasteiger partial charge is 0.133 e. The lowest BCUT2D eigenvalue weighted by atomic mass is 10.1. The summed E-state index contributed by atoms with van der Waals surface area (Å²) >= 11 is 0. The van der Waals surface area contributed by atoms with Crippen LogP contribution in [0, 0.1) is 17.7 Å². The molecule has 2 heteroatoms. The molecule has 0 aromatic heterocycles. The molecule has 2 rings (SSSR count). The van der Waals surface area contributed by atoms with Crippen LogP contribution in [0.1, 0.15) is 0 Å². The Kier molecular flexibility index (Phi) is 1.54. The first-order chi connectivity index (χ1) is 5.77. The zero-order chi connectivity index (χ0) is 8.55. The molecule has 0 aliphatic rings. The topological polar surface area (TPSA) is 0 Å². The van der Waals surface area contributed by atoms with Crippen molar-refractivity contribution in [1.29, 1.82) is 0 Å². The van der Waals surface area contributed by atoms with Crippen molar-refractivity contribution in [3.8, 4) is 0 Å². The summed E-state index contributed by atoms with van der Waals surface area (Å²) in [4.78, 5) is 0. The first-order valence-corrected chi connectivity index (χ1v) is 3.52. The molecule has 0 bridgehead atoms. The molecule has 0 aliphatic carbocycles. The minimum absolute atomic E-state index is 0.426. The Labute approximate surface area is 68.4 Å². The highest BCUT2D eigenvalue weighted by atomic mass is 19.1. The number of hydrogen-bond donors (Lipinski definition) is 0. The van der Waals surface area contributed by atoms with E-state index in [9.17, 15) is 8.78 Å². The SMILES string of the molecule is Fc1cc(F)c2cc[c]cc2c1. The van der Waals surface area contributed by atoms with Crippen molar-refractivity contribution in [3.63, 3.8) is 0 Å². The predicted octanol–water partition coefficient (Wildman–Crippen LogP) is 2.92. The van der Waals surface area contributed by atoms with Crippen LogP contribution in [0.15, 0.2) is 30.3 Å². The predicted molar refractivity (Wildman–Crippen MR) is 42.7 cm³/mol. The lowest BCUT2D eigenvalue weighted by Gasteiger charge is -1.97. The molecule has 12 heavy (non-hydrogen) atoms. The van der Waals surface area contributed by atoms with Crippen LogP contribution in [0.4, 0.5) is 8.78 Å². The van der Waals surface area contributed by atoms with E-state index >= 15 is 0 Å². The van der Waals surface area contributed by atoms with Crippen molar-refractivity contribution in [3.05, 3.63) is 48.0 Å². The van der Waals surface area contributed by atoms with Crippen LogP contribution in [-0.4, -0.2) is 0 Å². The zero-order valence-corrected chi connectivity index (χ0v) is 6.14. The average Bonchev–Trinajstić information content (AvgIpc) is 2.04. The van der Waals surface area contributed by atoms with Gasteiger partial charge in [0, 0.05) is 11.5 Å². The summed E-state index contributed by atoms with van der Waals surface area (Å²) in [5, 5.41) is 0.963. The fraction of sp³-hybridized carbons (Fsp3) is 0. The van der Waals surface area contributed by atoms with Crippen LogP contribution in [-0.2, 0) is 0 Å². The van der Waals surface area contributed by atoms with E-state index < -0.39 is 11.6 Å². The number of fused-ring (bicyclic) bond motifs is 1. The van der Waals surface area contributed by atoms with Gasteiger partial charge >= 0.3 is 0 Å². The van der Waals surface area contributed by atoms with Gasteiger partial charge in [-0.2, -0.15) is 0 Å². The molecule has 0 amide bonds. The Balaban J connectivity index is 2.89. The fourth-order valence-corrected chi connectivity index (χ4v) is 1.17. The zero-order valence-electron chi connectivity index (χ0n) is 6.14. The Morgan fingerprint density at radius 3 is 2.83 bits per heavy atom. The third-order valence-electron chi connectivity index (χ3n) is 1.71. The van der Waals surface area contributed by atoms with Crippen molar-refractivity contribution >= 4 is 10.8 Å². The van der Waals surface area contributed by atoms with Crippen molar-refractivity contribution < 1.29 is 8.78 Å². The standard InChI is InChI=1S/C10H5F2/c11-8-5-7-3-1-2-4-9(7)10(12)6-8/h2-6H. The lowest BCUT2D eigenvalue weighted by Crippen LogP contribution is -1.82. The summed E-state index contributed by atoms with van der Waals surface area (Å²) in [6.07, 6.45) is 0. The molecule has 0 heterocycles. The largest absolute Gasteiger partial charge is 0.207 e. The molecule has 0 nitrogen and oxygen atoms in total. The molecule has 0 spiro atoms. The monoisotopic (exact) mass is 163 g/mol. The highest BCUT2D eigenvalue weighted by molar-refractivity contribution is 5.82. The van der Waals surface area contributed by atoms with Crippen molar-refractivity contribution in [2.24, 2.45) is 0 Å². The maximum atomic E-state index is 13.0. The van der Waals surface area contributed by atoms with Gasteiger partial charge in [-0.1, -0.05) is 12.1 Å². The average molecular weight is 163 g/mol. The van der Waals surface area contributed by atoms with Crippen LogP contribution in [0.2, 0.25) is 0 Å². The molecule has 0 saturated heterocycles. The second-order valence-corrected chi connectivity index (χ2v) is 2.53. The number of hydrogen-bond acceptors (Lipinski definition) is 0. The molecule has 0 saturated carbocycles. The molecule has 0 aliphatic heterocycles. The van der Waals surface area contributed by atoms with E-state index in [-0.39, 0.29) is 0 Å². The molecule has 1 radical (unpaired) electrons. The van der Waals surface area contributed by atoms with Crippen LogP contribution < -0.4 is 0 Å². The van der Waals surface area contributed by atoms with Crippen LogP contribution >= 0.6 is 0 Å². The molecule has 59 valence electrons. The first kappa shape index (κ1) is 7.22. The van der Waals surface area contributed by atoms with Gasteiger partial charge in [0.25, 0.3) is 0 Å². The number of rotatable bonds is 0. The molecule has 2 aromatic carbocycles. The second kappa shape index (κ2) is 2.55.